The molecule has 2 aromatic rings. The number of sulfonamides is 1. The fourth-order valence-corrected chi connectivity index (χ4v) is 2.78. The van der Waals surface area contributed by atoms with Crippen LogP contribution in [0.3, 0.4) is 0 Å². The maximum atomic E-state index is 11.9. The molecule has 6 nitrogen and oxygen atoms in total. The van der Waals surface area contributed by atoms with Crippen molar-refractivity contribution in [2.45, 2.75) is 26.8 Å². The van der Waals surface area contributed by atoms with E-state index in [1.165, 1.54) is 0 Å². The van der Waals surface area contributed by atoms with Crippen molar-refractivity contribution in [1.29, 1.82) is 0 Å². The standard InChI is InChI=1S/C13H17N3O3S/c1-10-13(11(2)19-16-10)9-15-20(17,18)8-6-12-5-3-4-7-14-12/h3-5,7,15H,6,8-9H2,1-2H3. The first kappa shape index (κ1) is 14.7. The Kier molecular flexibility index (Phi) is 4.51. The van der Waals surface area contributed by atoms with Crippen molar-refractivity contribution in [3.8, 4) is 0 Å². The van der Waals surface area contributed by atoms with Crippen molar-refractivity contribution in [2.24, 2.45) is 0 Å². The van der Waals surface area contributed by atoms with Gasteiger partial charge in [-0.2, -0.15) is 0 Å². The second-order valence-corrected chi connectivity index (χ2v) is 6.44. The molecule has 2 rings (SSSR count). The van der Waals surface area contributed by atoms with E-state index < -0.39 is 10.0 Å². The number of aryl methyl sites for hydroxylation is 3. The van der Waals surface area contributed by atoms with Gasteiger partial charge in [0.15, 0.2) is 0 Å². The molecule has 108 valence electrons. The summed E-state index contributed by atoms with van der Waals surface area (Å²) in [6, 6.07) is 5.45. The van der Waals surface area contributed by atoms with Crippen molar-refractivity contribution in [1.82, 2.24) is 14.9 Å². The van der Waals surface area contributed by atoms with Crippen LogP contribution < -0.4 is 4.72 Å². The van der Waals surface area contributed by atoms with Crippen LogP contribution in [0, 0.1) is 13.8 Å². The first-order valence-electron chi connectivity index (χ1n) is 6.27. The summed E-state index contributed by atoms with van der Waals surface area (Å²) in [6.07, 6.45) is 2.04. The third kappa shape index (κ3) is 3.88. The first-order valence-corrected chi connectivity index (χ1v) is 7.92. The highest BCUT2D eigenvalue weighted by atomic mass is 32.2. The summed E-state index contributed by atoms with van der Waals surface area (Å²) in [6.45, 7) is 3.75. The largest absolute Gasteiger partial charge is 0.361 e. The predicted molar refractivity (Wildman–Crippen MR) is 74.5 cm³/mol. The summed E-state index contributed by atoms with van der Waals surface area (Å²) < 4.78 is 31.4. The van der Waals surface area contributed by atoms with Gasteiger partial charge in [-0.3, -0.25) is 4.98 Å². The fraction of sp³-hybridized carbons (Fsp3) is 0.385. The number of hydrogen-bond donors (Lipinski definition) is 1. The molecule has 0 atom stereocenters. The highest BCUT2D eigenvalue weighted by Crippen LogP contribution is 2.12. The predicted octanol–water partition coefficient (Wildman–Crippen LogP) is 1.35. The normalized spacial score (nSPS) is 11.7. The Morgan fingerprint density at radius 1 is 1.30 bits per heavy atom. The van der Waals surface area contributed by atoms with Gasteiger partial charge in [-0.25, -0.2) is 13.1 Å². The lowest BCUT2D eigenvalue weighted by Crippen LogP contribution is -2.27. The number of pyridine rings is 1. The van der Waals surface area contributed by atoms with Gasteiger partial charge in [0, 0.05) is 30.4 Å². The van der Waals surface area contributed by atoms with E-state index >= 15 is 0 Å². The van der Waals surface area contributed by atoms with E-state index in [-0.39, 0.29) is 12.3 Å². The molecule has 0 aliphatic rings. The zero-order valence-electron chi connectivity index (χ0n) is 11.5. The summed E-state index contributed by atoms with van der Waals surface area (Å²) in [5.41, 5.74) is 2.25. The molecule has 0 bridgehead atoms. The maximum absolute atomic E-state index is 11.9. The van der Waals surface area contributed by atoms with E-state index in [9.17, 15) is 8.42 Å². The molecule has 0 saturated carbocycles. The number of hydrogen-bond acceptors (Lipinski definition) is 5. The van der Waals surface area contributed by atoms with Crippen molar-refractivity contribution >= 4 is 10.0 Å². The van der Waals surface area contributed by atoms with Gasteiger partial charge in [0.1, 0.15) is 5.76 Å². The molecule has 0 amide bonds. The first-order chi connectivity index (χ1) is 9.48. The Labute approximate surface area is 118 Å². The molecule has 0 spiro atoms. The second kappa shape index (κ2) is 6.15. The minimum atomic E-state index is -3.35. The van der Waals surface area contributed by atoms with E-state index in [0.717, 1.165) is 11.3 Å². The molecule has 0 aliphatic heterocycles. The van der Waals surface area contributed by atoms with Crippen LogP contribution >= 0.6 is 0 Å². The zero-order chi connectivity index (χ0) is 14.6. The van der Waals surface area contributed by atoms with Gasteiger partial charge in [-0.15, -0.1) is 0 Å². The molecule has 0 radical (unpaired) electrons. The van der Waals surface area contributed by atoms with Crippen molar-refractivity contribution in [3.63, 3.8) is 0 Å². The molecule has 0 aromatic carbocycles. The highest BCUT2D eigenvalue weighted by Gasteiger charge is 2.14. The fourth-order valence-electron chi connectivity index (χ4n) is 1.79. The molecule has 0 aliphatic carbocycles. The minimum absolute atomic E-state index is 0.00733. The lowest BCUT2D eigenvalue weighted by Gasteiger charge is -2.06. The Morgan fingerprint density at radius 3 is 2.70 bits per heavy atom. The topological polar surface area (TPSA) is 85.1 Å². The number of rotatable bonds is 6. The van der Waals surface area contributed by atoms with E-state index in [1.807, 2.05) is 12.1 Å². The Bertz CT molecular complexity index is 646. The minimum Gasteiger partial charge on any atom is -0.361 e. The lowest BCUT2D eigenvalue weighted by molar-refractivity contribution is 0.392. The Balaban J connectivity index is 1.92. The summed E-state index contributed by atoms with van der Waals surface area (Å²) in [4.78, 5) is 4.10. The van der Waals surface area contributed by atoms with Gasteiger partial charge in [0.25, 0.3) is 0 Å². The third-order valence-electron chi connectivity index (χ3n) is 3.00. The summed E-state index contributed by atoms with van der Waals surface area (Å²) in [5, 5.41) is 3.79. The molecule has 0 unspecified atom stereocenters. The van der Waals surface area contributed by atoms with Gasteiger partial charge < -0.3 is 4.52 Å². The third-order valence-corrected chi connectivity index (χ3v) is 4.33. The van der Waals surface area contributed by atoms with E-state index in [2.05, 4.69) is 14.9 Å². The van der Waals surface area contributed by atoms with E-state index in [4.69, 9.17) is 4.52 Å². The molecule has 2 heterocycles. The molecular formula is C13H17N3O3S. The van der Waals surface area contributed by atoms with Crippen LogP contribution in [0.4, 0.5) is 0 Å². The van der Waals surface area contributed by atoms with Crippen molar-refractivity contribution in [2.75, 3.05) is 5.75 Å². The number of aromatic nitrogens is 2. The van der Waals surface area contributed by atoms with Gasteiger partial charge in [0.2, 0.25) is 10.0 Å². The average molecular weight is 295 g/mol. The van der Waals surface area contributed by atoms with Crippen molar-refractivity contribution in [3.05, 3.63) is 47.1 Å². The molecule has 7 heteroatoms. The molecule has 0 fully saturated rings. The maximum Gasteiger partial charge on any atom is 0.212 e. The summed E-state index contributed by atoms with van der Waals surface area (Å²) in [5.74, 6) is 0.642. The summed E-state index contributed by atoms with van der Waals surface area (Å²) >= 11 is 0. The monoisotopic (exact) mass is 295 g/mol. The number of nitrogens with one attached hydrogen (secondary N) is 1. The molecule has 1 N–H and O–H groups in total. The van der Waals surface area contributed by atoms with Crippen LogP contribution in [-0.2, 0) is 23.0 Å². The lowest BCUT2D eigenvalue weighted by atomic mass is 10.2. The van der Waals surface area contributed by atoms with Crippen LogP contribution in [0.15, 0.2) is 28.9 Å². The zero-order valence-corrected chi connectivity index (χ0v) is 12.3. The van der Waals surface area contributed by atoms with Crippen LogP contribution in [0.5, 0.6) is 0 Å². The van der Waals surface area contributed by atoms with Gasteiger partial charge >= 0.3 is 0 Å². The Hall–Kier alpha value is -1.73. The average Bonchev–Trinajstić information content (AvgIpc) is 2.75. The van der Waals surface area contributed by atoms with Gasteiger partial charge in [-0.05, 0) is 26.0 Å². The highest BCUT2D eigenvalue weighted by molar-refractivity contribution is 7.89. The van der Waals surface area contributed by atoms with Gasteiger partial charge in [-0.1, -0.05) is 11.2 Å². The SMILES string of the molecule is Cc1noc(C)c1CNS(=O)(=O)CCc1ccccn1. The second-order valence-electron chi connectivity index (χ2n) is 4.51. The molecule has 2 aromatic heterocycles. The van der Waals surface area contributed by atoms with Crippen molar-refractivity contribution < 1.29 is 12.9 Å². The molecule has 20 heavy (non-hydrogen) atoms. The van der Waals surface area contributed by atoms with Gasteiger partial charge in [0.05, 0.1) is 11.4 Å². The molecule has 0 saturated heterocycles. The summed E-state index contributed by atoms with van der Waals surface area (Å²) in [7, 11) is -3.35. The van der Waals surface area contributed by atoms with Crippen LogP contribution in [0.1, 0.15) is 22.7 Å². The van der Waals surface area contributed by atoms with Crippen LogP contribution in [0.25, 0.3) is 0 Å². The van der Waals surface area contributed by atoms with Crippen LogP contribution in [-0.4, -0.2) is 24.3 Å². The quantitative estimate of drug-likeness (QED) is 0.869. The molecular weight excluding hydrogens is 278 g/mol. The van der Waals surface area contributed by atoms with E-state index in [0.29, 0.717) is 17.9 Å². The number of nitrogens with zero attached hydrogens (tertiary/aromatic N) is 2. The Morgan fingerprint density at radius 2 is 2.10 bits per heavy atom. The van der Waals surface area contributed by atoms with E-state index in [1.54, 1.807) is 26.1 Å². The van der Waals surface area contributed by atoms with Crippen LogP contribution in [0.2, 0.25) is 0 Å². The smallest absolute Gasteiger partial charge is 0.212 e.